The van der Waals surface area contributed by atoms with E-state index in [1.807, 2.05) is 21.9 Å². The number of hydrogen-bond donors (Lipinski definition) is 1. The minimum Gasteiger partial charge on any atom is -0.475 e. The van der Waals surface area contributed by atoms with E-state index in [4.69, 9.17) is 14.3 Å². The van der Waals surface area contributed by atoms with Crippen LogP contribution < -0.4 is 0 Å². The van der Waals surface area contributed by atoms with Crippen molar-refractivity contribution in [3.05, 3.63) is 54.2 Å². The normalized spacial score (nSPS) is 20.7. The van der Waals surface area contributed by atoms with E-state index < -0.39 is 12.1 Å². The van der Waals surface area contributed by atoms with Gasteiger partial charge in [0.2, 0.25) is 5.91 Å². The summed E-state index contributed by atoms with van der Waals surface area (Å²) in [5.74, 6) is -2.59. The van der Waals surface area contributed by atoms with Gasteiger partial charge in [-0.15, -0.1) is 0 Å². The first kappa shape index (κ1) is 22.3. The zero-order valence-electron chi connectivity index (χ0n) is 16.3. The number of piperidine rings is 1. The molecule has 11 heteroatoms. The Morgan fingerprint density at radius 1 is 1.16 bits per heavy atom. The van der Waals surface area contributed by atoms with Gasteiger partial charge in [-0.3, -0.25) is 14.6 Å². The highest BCUT2D eigenvalue weighted by molar-refractivity contribution is 5.94. The molecule has 2 fully saturated rings. The fraction of sp³-hybridized carbons (Fsp3) is 0.400. The van der Waals surface area contributed by atoms with Crippen molar-refractivity contribution in [2.24, 2.45) is 0 Å². The lowest BCUT2D eigenvalue weighted by Crippen LogP contribution is -2.52. The molecule has 2 saturated heterocycles. The van der Waals surface area contributed by atoms with Crippen molar-refractivity contribution in [3.8, 4) is 0 Å². The number of carboxylic acid groups (broad SMARTS) is 1. The van der Waals surface area contributed by atoms with Crippen LogP contribution >= 0.6 is 0 Å². The maximum Gasteiger partial charge on any atom is 0.490 e. The monoisotopic (exact) mass is 439 g/mol. The van der Waals surface area contributed by atoms with Gasteiger partial charge in [-0.25, -0.2) is 4.79 Å². The second-order valence-corrected chi connectivity index (χ2v) is 7.15. The van der Waals surface area contributed by atoms with Crippen LogP contribution in [0.2, 0.25) is 0 Å². The van der Waals surface area contributed by atoms with E-state index in [-0.39, 0.29) is 23.9 Å². The molecule has 2 aliphatic heterocycles. The first-order valence-electron chi connectivity index (χ1n) is 9.50. The van der Waals surface area contributed by atoms with Crippen molar-refractivity contribution in [2.75, 3.05) is 6.54 Å². The highest BCUT2D eigenvalue weighted by Crippen LogP contribution is 2.33. The first-order valence-corrected chi connectivity index (χ1v) is 9.50. The van der Waals surface area contributed by atoms with Gasteiger partial charge in [0.15, 0.2) is 0 Å². The summed E-state index contributed by atoms with van der Waals surface area (Å²) in [5.41, 5.74) is 1.65. The summed E-state index contributed by atoms with van der Waals surface area (Å²) in [5, 5.41) is 7.12. The SMILES string of the molecule is O=C(O)C(F)(F)F.O=C1CC[C@@H]2[C@@H](CCN2C(=O)c2ccoc2)N1Cc1ccncc1. The average Bonchev–Trinajstić information content (AvgIpc) is 3.40. The van der Waals surface area contributed by atoms with Gasteiger partial charge in [-0.2, -0.15) is 13.2 Å². The molecule has 4 rings (SSSR count). The van der Waals surface area contributed by atoms with E-state index in [9.17, 15) is 22.8 Å². The number of pyridine rings is 1. The van der Waals surface area contributed by atoms with Gasteiger partial charge in [0, 0.05) is 31.9 Å². The Morgan fingerprint density at radius 3 is 2.42 bits per heavy atom. The van der Waals surface area contributed by atoms with Crippen molar-refractivity contribution in [1.82, 2.24) is 14.8 Å². The van der Waals surface area contributed by atoms with Crippen LogP contribution in [0.5, 0.6) is 0 Å². The molecule has 0 radical (unpaired) electrons. The van der Waals surface area contributed by atoms with Crippen molar-refractivity contribution in [2.45, 2.75) is 44.1 Å². The minimum atomic E-state index is -5.08. The largest absolute Gasteiger partial charge is 0.490 e. The molecular formula is C20H20F3N3O5. The van der Waals surface area contributed by atoms with Crippen LogP contribution in [0, 0.1) is 0 Å². The fourth-order valence-corrected chi connectivity index (χ4v) is 3.84. The minimum absolute atomic E-state index is 0.00513. The molecule has 2 atom stereocenters. The number of fused-ring (bicyclic) bond motifs is 1. The highest BCUT2D eigenvalue weighted by atomic mass is 19.4. The zero-order chi connectivity index (χ0) is 22.6. The van der Waals surface area contributed by atoms with Crippen molar-refractivity contribution in [3.63, 3.8) is 0 Å². The predicted octanol–water partition coefficient (Wildman–Crippen LogP) is 2.71. The number of likely N-dealkylation sites (tertiary alicyclic amines) is 2. The molecule has 166 valence electrons. The van der Waals surface area contributed by atoms with Crippen LogP contribution in [0.15, 0.2) is 47.5 Å². The summed E-state index contributed by atoms with van der Waals surface area (Å²) < 4.78 is 36.8. The molecule has 31 heavy (non-hydrogen) atoms. The van der Waals surface area contributed by atoms with Gasteiger partial charge in [0.1, 0.15) is 6.26 Å². The Hall–Kier alpha value is -3.37. The number of hydrogen-bond acceptors (Lipinski definition) is 5. The number of nitrogens with zero attached hydrogens (tertiary/aromatic N) is 3. The Labute approximate surface area is 175 Å². The Bertz CT molecular complexity index is 918. The van der Waals surface area contributed by atoms with Crippen LogP contribution in [0.4, 0.5) is 13.2 Å². The van der Waals surface area contributed by atoms with Gasteiger partial charge in [-0.1, -0.05) is 0 Å². The van der Waals surface area contributed by atoms with Crippen LogP contribution in [0.1, 0.15) is 35.2 Å². The number of amides is 2. The molecule has 0 saturated carbocycles. The van der Waals surface area contributed by atoms with Gasteiger partial charge < -0.3 is 19.3 Å². The Morgan fingerprint density at radius 2 is 1.84 bits per heavy atom. The number of furan rings is 1. The summed E-state index contributed by atoms with van der Waals surface area (Å²) in [4.78, 5) is 41.9. The second kappa shape index (κ2) is 9.19. The quantitative estimate of drug-likeness (QED) is 0.789. The first-order chi connectivity index (χ1) is 14.7. The van der Waals surface area contributed by atoms with E-state index >= 15 is 0 Å². The number of alkyl halides is 3. The van der Waals surface area contributed by atoms with E-state index in [0.29, 0.717) is 25.1 Å². The number of carbonyl (C=O) groups excluding carboxylic acids is 2. The maximum atomic E-state index is 12.7. The molecule has 2 aromatic heterocycles. The van der Waals surface area contributed by atoms with E-state index in [0.717, 1.165) is 18.4 Å². The molecule has 4 heterocycles. The molecule has 0 unspecified atom stereocenters. The third-order valence-electron chi connectivity index (χ3n) is 5.26. The van der Waals surface area contributed by atoms with Crippen LogP contribution in [0.25, 0.3) is 0 Å². The number of aliphatic carboxylic acids is 1. The smallest absolute Gasteiger partial charge is 0.475 e. The number of halogens is 3. The number of rotatable bonds is 3. The molecule has 0 bridgehead atoms. The Balaban J connectivity index is 0.000000339. The summed E-state index contributed by atoms with van der Waals surface area (Å²) in [6, 6.07) is 5.74. The van der Waals surface area contributed by atoms with Gasteiger partial charge >= 0.3 is 12.1 Å². The Kier molecular flexibility index (Phi) is 6.62. The fourth-order valence-electron chi connectivity index (χ4n) is 3.84. The molecule has 2 aromatic rings. The summed E-state index contributed by atoms with van der Waals surface area (Å²) in [6.07, 6.45) is 3.45. The summed E-state index contributed by atoms with van der Waals surface area (Å²) >= 11 is 0. The maximum absolute atomic E-state index is 12.7. The van der Waals surface area contributed by atoms with Gasteiger partial charge in [-0.05, 0) is 36.6 Å². The topological polar surface area (TPSA) is 104 Å². The molecule has 0 spiro atoms. The van der Waals surface area contributed by atoms with E-state index in [2.05, 4.69) is 4.98 Å². The molecular weight excluding hydrogens is 419 g/mol. The summed E-state index contributed by atoms with van der Waals surface area (Å²) in [7, 11) is 0. The summed E-state index contributed by atoms with van der Waals surface area (Å²) in [6.45, 7) is 1.26. The number of carboxylic acids is 1. The third-order valence-corrected chi connectivity index (χ3v) is 5.26. The molecule has 2 aliphatic rings. The average molecular weight is 439 g/mol. The molecule has 1 N–H and O–H groups in total. The van der Waals surface area contributed by atoms with Crippen molar-refractivity contribution < 1.29 is 37.1 Å². The third kappa shape index (κ3) is 5.22. The second-order valence-electron chi connectivity index (χ2n) is 7.15. The molecule has 2 amide bonds. The lowest BCUT2D eigenvalue weighted by molar-refractivity contribution is -0.192. The van der Waals surface area contributed by atoms with Gasteiger partial charge in [0.05, 0.1) is 23.9 Å². The lowest BCUT2D eigenvalue weighted by Gasteiger charge is -2.39. The molecule has 0 aromatic carbocycles. The van der Waals surface area contributed by atoms with E-state index in [1.165, 1.54) is 12.5 Å². The van der Waals surface area contributed by atoms with Crippen molar-refractivity contribution >= 4 is 17.8 Å². The van der Waals surface area contributed by atoms with Crippen LogP contribution in [-0.2, 0) is 16.1 Å². The van der Waals surface area contributed by atoms with Gasteiger partial charge in [0.25, 0.3) is 5.91 Å². The van der Waals surface area contributed by atoms with Crippen LogP contribution in [0.3, 0.4) is 0 Å². The number of carbonyl (C=O) groups is 3. The predicted molar refractivity (Wildman–Crippen MR) is 99.6 cm³/mol. The van der Waals surface area contributed by atoms with E-state index in [1.54, 1.807) is 18.5 Å². The van der Waals surface area contributed by atoms with Crippen LogP contribution in [-0.4, -0.2) is 62.5 Å². The highest BCUT2D eigenvalue weighted by Gasteiger charge is 2.45. The lowest BCUT2D eigenvalue weighted by atomic mass is 9.95. The molecule has 0 aliphatic carbocycles. The standard InChI is InChI=1S/C18H19N3O3.C2HF3O2/c22-17-2-1-15-16(21(17)11-13-3-7-19-8-4-13)5-9-20(15)18(23)14-6-10-24-12-14;3-2(4,5)1(6)7/h3-4,6-8,10,12,15-16H,1-2,5,9,11H2;(H,6,7)/t15-,16-;/m1./s1. The van der Waals surface area contributed by atoms with Crippen molar-refractivity contribution in [1.29, 1.82) is 0 Å². The number of aromatic nitrogens is 1. The zero-order valence-corrected chi connectivity index (χ0v) is 16.3. The molecule has 8 nitrogen and oxygen atoms in total.